The van der Waals surface area contributed by atoms with Gasteiger partial charge in [-0.25, -0.2) is 0 Å². The van der Waals surface area contributed by atoms with E-state index in [1.165, 1.54) is 0 Å². The standard InChI is InChI=1S/C15H18O5/c1-17-13-7-10-11(16)9-15(3-5-19-6-4-15)20-12(10)8-14(13)18-2/h7-8H,3-6,9H2,1-2H3. The van der Waals surface area contributed by atoms with E-state index in [0.717, 1.165) is 12.8 Å². The van der Waals surface area contributed by atoms with E-state index in [2.05, 4.69) is 0 Å². The van der Waals surface area contributed by atoms with Gasteiger partial charge in [-0.05, 0) is 6.07 Å². The van der Waals surface area contributed by atoms with Crippen molar-refractivity contribution in [2.45, 2.75) is 24.9 Å². The quantitative estimate of drug-likeness (QED) is 0.830. The average molecular weight is 278 g/mol. The van der Waals surface area contributed by atoms with E-state index in [1.807, 2.05) is 0 Å². The molecular formula is C15H18O5. The second kappa shape index (κ2) is 4.98. The molecule has 0 N–H and O–H groups in total. The van der Waals surface area contributed by atoms with Crippen LogP contribution in [0.5, 0.6) is 17.2 Å². The van der Waals surface area contributed by atoms with Crippen molar-refractivity contribution in [3.8, 4) is 17.2 Å². The van der Waals surface area contributed by atoms with Crippen molar-refractivity contribution in [1.82, 2.24) is 0 Å². The van der Waals surface area contributed by atoms with E-state index < -0.39 is 5.60 Å². The molecule has 0 radical (unpaired) electrons. The van der Waals surface area contributed by atoms with Crippen LogP contribution in [0.3, 0.4) is 0 Å². The Morgan fingerprint density at radius 2 is 1.75 bits per heavy atom. The zero-order chi connectivity index (χ0) is 14.2. The lowest BCUT2D eigenvalue weighted by Crippen LogP contribution is -2.46. The Morgan fingerprint density at radius 1 is 1.10 bits per heavy atom. The number of Topliss-reactive ketones (excluding diaryl/α,β-unsaturated/α-hetero) is 1. The number of ketones is 1. The van der Waals surface area contributed by atoms with Gasteiger partial charge in [0.05, 0.1) is 39.4 Å². The summed E-state index contributed by atoms with van der Waals surface area (Å²) in [5, 5.41) is 0. The molecule has 2 aliphatic rings. The maximum Gasteiger partial charge on any atom is 0.170 e. The van der Waals surface area contributed by atoms with Crippen molar-refractivity contribution in [3.05, 3.63) is 17.7 Å². The highest BCUT2D eigenvalue weighted by Gasteiger charge is 2.42. The van der Waals surface area contributed by atoms with Crippen LogP contribution < -0.4 is 14.2 Å². The van der Waals surface area contributed by atoms with Crippen LogP contribution in [0, 0.1) is 0 Å². The van der Waals surface area contributed by atoms with Crippen LogP contribution in [0.2, 0.25) is 0 Å². The molecule has 3 rings (SSSR count). The predicted molar refractivity (Wildman–Crippen MR) is 71.9 cm³/mol. The molecule has 0 aliphatic carbocycles. The largest absolute Gasteiger partial charge is 0.493 e. The molecule has 2 aliphatic heterocycles. The highest BCUT2D eigenvalue weighted by Crippen LogP contribution is 2.43. The van der Waals surface area contributed by atoms with E-state index in [1.54, 1.807) is 26.4 Å². The number of hydrogen-bond acceptors (Lipinski definition) is 5. The number of carbonyl (C=O) groups is 1. The van der Waals surface area contributed by atoms with Crippen molar-refractivity contribution >= 4 is 5.78 Å². The van der Waals surface area contributed by atoms with E-state index in [0.29, 0.717) is 42.4 Å². The molecule has 108 valence electrons. The van der Waals surface area contributed by atoms with Gasteiger partial charge in [0, 0.05) is 18.9 Å². The maximum absolute atomic E-state index is 12.4. The predicted octanol–water partition coefficient (Wildman–Crippen LogP) is 2.22. The number of hydrogen-bond donors (Lipinski definition) is 0. The molecule has 5 nitrogen and oxygen atoms in total. The molecule has 1 spiro atoms. The molecule has 1 aromatic carbocycles. The fourth-order valence-corrected chi connectivity index (χ4v) is 2.84. The normalized spacial score (nSPS) is 20.2. The fourth-order valence-electron chi connectivity index (χ4n) is 2.84. The second-order valence-electron chi connectivity index (χ2n) is 5.20. The highest BCUT2D eigenvalue weighted by atomic mass is 16.5. The van der Waals surface area contributed by atoms with Gasteiger partial charge in [-0.1, -0.05) is 0 Å². The number of ether oxygens (including phenoxy) is 4. The van der Waals surface area contributed by atoms with Crippen molar-refractivity contribution in [1.29, 1.82) is 0 Å². The average Bonchev–Trinajstić information content (AvgIpc) is 2.46. The zero-order valence-corrected chi connectivity index (χ0v) is 11.7. The highest BCUT2D eigenvalue weighted by molar-refractivity contribution is 6.01. The Morgan fingerprint density at radius 3 is 2.40 bits per heavy atom. The third-order valence-electron chi connectivity index (χ3n) is 4.00. The molecule has 1 aromatic rings. The van der Waals surface area contributed by atoms with Gasteiger partial charge >= 0.3 is 0 Å². The van der Waals surface area contributed by atoms with Gasteiger partial charge in [0.25, 0.3) is 0 Å². The summed E-state index contributed by atoms with van der Waals surface area (Å²) in [5.41, 5.74) is 0.154. The Kier molecular flexibility index (Phi) is 3.30. The first-order valence-corrected chi connectivity index (χ1v) is 6.73. The number of benzene rings is 1. The van der Waals surface area contributed by atoms with Gasteiger partial charge < -0.3 is 18.9 Å². The summed E-state index contributed by atoms with van der Waals surface area (Å²) in [5.74, 6) is 1.80. The molecule has 1 fully saturated rings. The molecule has 0 amide bonds. The summed E-state index contributed by atoms with van der Waals surface area (Å²) in [4.78, 5) is 12.4. The topological polar surface area (TPSA) is 54.0 Å². The molecule has 5 heteroatoms. The lowest BCUT2D eigenvalue weighted by atomic mass is 9.84. The molecule has 0 aromatic heterocycles. The van der Waals surface area contributed by atoms with E-state index in [-0.39, 0.29) is 5.78 Å². The van der Waals surface area contributed by atoms with Gasteiger partial charge in [-0.3, -0.25) is 4.79 Å². The SMILES string of the molecule is COc1cc2c(cc1OC)C(=O)CC1(CCOCC1)O2. The lowest BCUT2D eigenvalue weighted by molar-refractivity contribution is -0.0505. The van der Waals surface area contributed by atoms with Gasteiger partial charge in [0.2, 0.25) is 0 Å². The minimum Gasteiger partial charge on any atom is -0.493 e. The number of fused-ring (bicyclic) bond motifs is 1. The van der Waals surface area contributed by atoms with Crippen LogP contribution in [0.25, 0.3) is 0 Å². The molecule has 1 saturated heterocycles. The van der Waals surface area contributed by atoms with Crippen molar-refractivity contribution < 1.29 is 23.7 Å². The van der Waals surface area contributed by atoms with Crippen molar-refractivity contribution in [2.75, 3.05) is 27.4 Å². The van der Waals surface area contributed by atoms with Crippen LogP contribution in [0.4, 0.5) is 0 Å². The first-order valence-electron chi connectivity index (χ1n) is 6.73. The van der Waals surface area contributed by atoms with Crippen molar-refractivity contribution in [3.63, 3.8) is 0 Å². The first-order chi connectivity index (χ1) is 9.67. The lowest BCUT2D eigenvalue weighted by Gasteiger charge is -2.40. The van der Waals surface area contributed by atoms with Gasteiger partial charge in [0.15, 0.2) is 17.3 Å². The number of rotatable bonds is 2. The monoisotopic (exact) mass is 278 g/mol. The Balaban J connectivity index is 2.00. The van der Waals surface area contributed by atoms with Gasteiger partial charge in [-0.2, -0.15) is 0 Å². The minimum atomic E-state index is -0.415. The molecule has 0 atom stereocenters. The Hall–Kier alpha value is -1.75. The van der Waals surface area contributed by atoms with Crippen LogP contribution >= 0.6 is 0 Å². The molecule has 20 heavy (non-hydrogen) atoms. The van der Waals surface area contributed by atoms with Gasteiger partial charge in [0.1, 0.15) is 11.4 Å². The summed E-state index contributed by atoms with van der Waals surface area (Å²) in [6, 6.07) is 3.44. The Bertz CT molecular complexity index is 531. The fraction of sp³-hybridized carbons (Fsp3) is 0.533. The number of methoxy groups -OCH3 is 2. The van der Waals surface area contributed by atoms with Crippen LogP contribution in [0.1, 0.15) is 29.6 Å². The molecule has 2 heterocycles. The van der Waals surface area contributed by atoms with Crippen LogP contribution in [0.15, 0.2) is 12.1 Å². The summed E-state index contributed by atoms with van der Waals surface area (Å²) in [6.07, 6.45) is 1.89. The molecule has 0 saturated carbocycles. The molecular weight excluding hydrogens is 260 g/mol. The third kappa shape index (κ3) is 2.12. The van der Waals surface area contributed by atoms with E-state index >= 15 is 0 Å². The second-order valence-corrected chi connectivity index (χ2v) is 5.20. The first kappa shape index (κ1) is 13.2. The smallest absolute Gasteiger partial charge is 0.170 e. The van der Waals surface area contributed by atoms with Gasteiger partial charge in [-0.15, -0.1) is 0 Å². The van der Waals surface area contributed by atoms with Crippen LogP contribution in [-0.4, -0.2) is 38.8 Å². The summed E-state index contributed by atoms with van der Waals surface area (Å²) in [6.45, 7) is 1.27. The van der Waals surface area contributed by atoms with Crippen LogP contribution in [-0.2, 0) is 4.74 Å². The maximum atomic E-state index is 12.4. The molecule has 0 unspecified atom stereocenters. The van der Waals surface area contributed by atoms with Crippen molar-refractivity contribution in [2.24, 2.45) is 0 Å². The minimum absolute atomic E-state index is 0.0918. The van der Waals surface area contributed by atoms with E-state index in [4.69, 9.17) is 18.9 Å². The Labute approximate surface area is 117 Å². The summed E-state index contributed by atoms with van der Waals surface area (Å²) in [7, 11) is 3.12. The molecule has 0 bridgehead atoms. The summed E-state index contributed by atoms with van der Waals surface area (Å²) < 4.78 is 22.0. The third-order valence-corrected chi connectivity index (χ3v) is 4.00. The summed E-state index contributed by atoms with van der Waals surface area (Å²) >= 11 is 0. The number of carbonyl (C=O) groups excluding carboxylic acids is 1. The zero-order valence-electron chi connectivity index (χ0n) is 11.7. The van der Waals surface area contributed by atoms with E-state index in [9.17, 15) is 4.79 Å².